The summed E-state index contributed by atoms with van der Waals surface area (Å²) >= 11 is 9.43. The lowest BCUT2D eigenvalue weighted by molar-refractivity contribution is 0.668. The van der Waals surface area contributed by atoms with Crippen molar-refractivity contribution >= 4 is 27.5 Å². The lowest BCUT2D eigenvalue weighted by Gasteiger charge is -2.06. The highest BCUT2D eigenvalue weighted by Gasteiger charge is 2.01. The number of nitrogens with zero attached hydrogens (tertiary/aromatic N) is 2. The fraction of sp³-hybridized carbons (Fsp3) is 0.167. The van der Waals surface area contributed by atoms with Crippen molar-refractivity contribution < 1.29 is 0 Å². The van der Waals surface area contributed by atoms with Crippen molar-refractivity contribution in [2.24, 2.45) is 0 Å². The Morgan fingerprint density at radius 1 is 1.24 bits per heavy atom. The van der Waals surface area contributed by atoms with Crippen molar-refractivity contribution in [3.05, 3.63) is 57.3 Å². The third kappa shape index (κ3) is 3.77. The molecule has 0 spiro atoms. The van der Waals surface area contributed by atoms with Gasteiger partial charge in [-0.1, -0.05) is 27.5 Å². The summed E-state index contributed by atoms with van der Waals surface area (Å²) in [5.41, 5.74) is 2.05. The molecule has 0 aliphatic carbocycles. The number of benzene rings is 1. The van der Waals surface area contributed by atoms with Gasteiger partial charge in [-0.3, -0.25) is 0 Å². The molecule has 0 atom stereocenters. The molecule has 2 rings (SSSR count). The van der Waals surface area contributed by atoms with Crippen molar-refractivity contribution in [3.63, 3.8) is 0 Å². The van der Waals surface area contributed by atoms with Crippen LogP contribution in [0.15, 0.2) is 41.0 Å². The molecule has 0 aliphatic heterocycles. The normalized spacial score (nSPS) is 10.5. The summed E-state index contributed by atoms with van der Waals surface area (Å²) < 4.78 is 1.05. The van der Waals surface area contributed by atoms with Crippen LogP contribution in [-0.4, -0.2) is 10.2 Å². The second-order valence-electron chi connectivity index (χ2n) is 3.55. The molecule has 0 unspecified atom stereocenters. The number of aromatic nitrogens is 2. The van der Waals surface area contributed by atoms with Gasteiger partial charge in [0.1, 0.15) is 0 Å². The van der Waals surface area contributed by atoms with Crippen molar-refractivity contribution in [1.29, 1.82) is 0 Å². The Morgan fingerprint density at radius 3 is 2.88 bits per heavy atom. The summed E-state index contributed by atoms with van der Waals surface area (Å²) in [5.74, 6) is 0. The van der Waals surface area contributed by atoms with Crippen LogP contribution in [0.1, 0.15) is 11.3 Å². The van der Waals surface area contributed by atoms with Gasteiger partial charge in [0.2, 0.25) is 0 Å². The molecule has 3 nitrogen and oxygen atoms in total. The predicted molar refractivity (Wildman–Crippen MR) is 71.7 cm³/mol. The minimum atomic E-state index is 0.687. The Labute approximate surface area is 113 Å². The number of nitrogens with one attached hydrogen (secondary N) is 1. The van der Waals surface area contributed by atoms with Gasteiger partial charge < -0.3 is 5.32 Å². The maximum atomic E-state index is 5.94. The van der Waals surface area contributed by atoms with E-state index in [1.54, 1.807) is 6.20 Å². The first kappa shape index (κ1) is 12.5. The second-order valence-corrected chi connectivity index (χ2v) is 4.85. The van der Waals surface area contributed by atoms with E-state index in [9.17, 15) is 0 Å². The number of hydrogen-bond acceptors (Lipinski definition) is 3. The predicted octanol–water partition coefficient (Wildman–Crippen LogP) is 3.18. The standard InChI is InChI=1S/C12H11BrClN3/c13-12-4-3-10(14)6-9(12)7-15-8-11-2-1-5-16-17-11/h1-6,15H,7-8H2. The lowest BCUT2D eigenvalue weighted by atomic mass is 10.2. The van der Waals surface area contributed by atoms with Gasteiger partial charge in [0.05, 0.1) is 5.69 Å². The highest BCUT2D eigenvalue weighted by Crippen LogP contribution is 2.20. The number of hydrogen-bond donors (Lipinski definition) is 1. The Morgan fingerprint density at radius 2 is 2.12 bits per heavy atom. The smallest absolute Gasteiger partial charge is 0.0769 e. The van der Waals surface area contributed by atoms with Crippen LogP contribution in [0.5, 0.6) is 0 Å². The van der Waals surface area contributed by atoms with E-state index in [1.807, 2.05) is 30.3 Å². The molecule has 0 bridgehead atoms. The van der Waals surface area contributed by atoms with Crippen molar-refractivity contribution in [3.8, 4) is 0 Å². The number of rotatable bonds is 4. The molecule has 1 aromatic heterocycles. The first-order valence-electron chi connectivity index (χ1n) is 5.17. The second kappa shape index (κ2) is 6.10. The van der Waals surface area contributed by atoms with E-state index in [-0.39, 0.29) is 0 Å². The molecule has 17 heavy (non-hydrogen) atoms. The molecule has 0 amide bonds. The maximum absolute atomic E-state index is 5.94. The third-order valence-corrected chi connectivity index (χ3v) is 3.27. The zero-order valence-electron chi connectivity index (χ0n) is 9.03. The SMILES string of the molecule is Clc1ccc(Br)c(CNCc2cccnn2)c1. The van der Waals surface area contributed by atoms with Crippen molar-refractivity contribution in [2.75, 3.05) is 0 Å². The van der Waals surface area contributed by atoms with Crippen LogP contribution < -0.4 is 5.32 Å². The van der Waals surface area contributed by atoms with Gasteiger partial charge in [0.15, 0.2) is 0 Å². The molecule has 0 saturated heterocycles. The average Bonchev–Trinajstić information content (AvgIpc) is 2.35. The Balaban J connectivity index is 1.92. The highest BCUT2D eigenvalue weighted by atomic mass is 79.9. The summed E-state index contributed by atoms with van der Waals surface area (Å²) in [7, 11) is 0. The summed E-state index contributed by atoms with van der Waals surface area (Å²) in [5, 5.41) is 11.9. The molecule has 1 N–H and O–H groups in total. The highest BCUT2D eigenvalue weighted by molar-refractivity contribution is 9.10. The van der Waals surface area contributed by atoms with Crippen LogP contribution in [0.2, 0.25) is 5.02 Å². The molecule has 0 aliphatic rings. The van der Waals surface area contributed by atoms with Gasteiger partial charge in [0.25, 0.3) is 0 Å². The van der Waals surface area contributed by atoms with Crippen molar-refractivity contribution in [2.45, 2.75) is 13.1 Å². The monoisotopic (exact) mass is 311 g/mol. The van der Waals surface area contributed by atoms with Gasteiger partial charge in [-0.05, 0) is 35.9 Å². The van der Waals surface area contributed by atoms with E-state index in [1.165, 1.54) is 0 Å². The zero-order chi connectivity index (χ0) is 12.1. The van der Waals surface area contributed by atoms with Crippen LogP contribution in [0, 0.1) is 0 Å². The fourth-order valence-corrected chi connectivity index (χ4v) is 2.01. The molecular formula is C12H11BrClN3. The molecule has 0 fully saturated rings. The third-order valence-electron chi connectivity index (χ3n) is 2.26. The van der Waals surface area contributed by atoms with Gasteiger partial charge in [-0.25, -0.2) is 0 Å². The molecule has 2 aromatic rings. The summed E-state index contributed by atoms with van der Waals surface area (Å²) in [4.78, 5) is 0. The molecular weight excluding hydrogens is 302 g/mol. The van der Waals surface area contributed by atoms with E-state index in [2.05, 4.69) is 31.4 Å². The first-order valence-corrected chi connectivity index (χ1v) is 6.34. The Hall–Kier alpha value is -0.970. The molecule has 1 aromatic carbocycles. The zero-order valence-corrected chi connectivity index (χ0v) is 11.4. The van der Waals surface area contributed by atoms with E-state index in [0.29, 0.717) is 6.54 Å². The Bertz CT molecular complexity index is 490. The molecule has 1 heterocycles. The summed E-state index contributed by atoms with van der Waals surface area (Å²) in [6, 6.07) is 9.56. The molecule has 88 valence electrons. The summed E-state index contributed by atoms with van der Waals surface area (Å²) in [6.45, 7) is 1.42. The average molecular weight is 313 g/mol. The van der Waals surface area contributed by atoms with E-state index in [0.717, 1.165) is 27.3 Å². The van der Waals surface area contributed by atoms with E-state index >= 15 is 0 Å². The van der Waals surface area contributed by atoms with Crippen LogP contribution in [0.25, 0.3) is 0 Å². The van der Waals surface area contributed by atoms with Crippen molar-refractivity contribution in [1.82, 2.24) is 15.5 Å². The topological polar surface area (TPSA) is 37.8 Å². The number of halogens is 2. The molecule has 5 heteroatoms. The Kier molecular flexibility index (Phi) is 4.48. The van der Waals surface area contributed by atoms with Crippen LogP contribution in [0.3, 0.4) is 0 Å². The van der Waals surface area contributed by atoms with Crippen LogP contribution in [-0.2, 0) is 13.1 Å². The van der Waals surface area contributed by atoms with E-state index < -0.39 is 0 Å². The summed E-state index contributed by atoms with van der Waals surface area (Å²) in [6.07, 6.45) is 1.66. The quantitative estimate of drug-likeness (QED) is 0.942. The minimum Gasteiger partial charge on any atom is -0.307 e. The fourth-order valence-electron chi connectivity index (χ4n) is 1.43. The lowest BCUT2D eigenvalue weighted by Crippen LogP contribution is -2.14. The van der Waals surface area contributed by atoms with E-state index in [4.69, 9.17) is 11.6 Å². The minimum absolute atomic E-state index is 0.687. The maximum Gasteiger partial charge on any atom is 0.0769 e. The molecule has 0 saturated carbocycles. The van der Waals surface area contributed by atoms with Gasteiger partial charge >= 0.3 is 0 Å². The largest absolute Gasteiger partial charge is 0.307 e. The van der Waals surface area contributed by atoms with Gasteiger partial charge in [-0.15, -0.1) is 0 Å². The van der Waals surface area contributed by atoms with Crippen LogP contribution >= 0.6 is 27.5 Å². The van der Waals surface area contributed by atoms with Crippen LogP contribution in [0.4, 0.5) is 0 Å². The first-order chi connectivity index (χ1) is 8.25. The van der Waals surface area contributed by atoms with Gasteiger partial charge in [0, 0.05) is 28.8 Å². The molecule has 0 radical (unpaired) electrons. The van der Waals surface area contributed by atoms with Gasteiger partial charge in [-0.2, -0.15) is 10.2 Å².